The Labute approximate surface area is 284 Å². The highest BCUT2D eigenvalue weighted by molar-refractivity contribution is 7.89. The summed E-state index contributed by atoms with van der Waals surface area (Å²) in [6, 6.07) is 18.7. The van der Waals surface area contributed by atoms with Gasteiger partial charge in [-0.05, 0) is 66.5 Å². The van der Waals surface area contributed by atoms with Gasteiger partial charge in [0.05, 0.1) is 35.9 Å². The number of hydrogen-bond acceptors (Lipinski definition) is 7. The third kappa shape index (κ3) is 8.64. The maximum absolute atomic E-state index is 14.4. The van der Waals surface area contributed by atoms with E-state index in [2.05, 4.69) is 43.9 Å². The van der Waals surface area contributed by atoms with Crippen molar-refractivity contribution in [2.24, 2.45) is 0 Å². The first-order valence-electron chi connectivity index (χ1n) is 15.6. The molecule has 3 aromatic rings. The molecule has 0 aliphatic carbocycles. The maximum Gasteiger partial charge on any atom is 0.409 e. The number of carbonyl (C=O) groups is 2. The summed E-state index contributed by atoms with van der Waals surface area (Å²) in [5.41, 5.74) is 2.87. The molecule has 0 unspecified atom stereocenters. The molecule has 1 atom stereocenters. The Bertz CT molecular complexity index is 1750. The fourth-order valence-corrected chi connectivity index (χ4v) is 6.82. The highest BCUT2D eigenvalue weighted by Crippen LogP contribution is 2.39. The van der Waals surface area contributed by atoms with E-state index in [9.17, 15) is 23.1 Å². The van der Waals surface area contributed by atoms with Crippen molar-refractivity contribution in [3.05, 3.63) is 89.5 Å². The number of hydrogen-bond donors (Lipinski definition) is 3. The Hall–Kier alpha value is -4.17. The summed E-state index contributed by atoms with van der Waals surface area (Å²) in [5.74, 6) is 0.162. The molecule has 4 rings (SSSR count). The fraction of sp³-hybridized carbons (Fsp3) is 0.371. The molecule has 1 aliphatic heterocycles. The number of amides is 2. The smallest absolute Gasteiger partial charge is 0.409 e. The number of nitrogens with one attached hydrogen (secondary N) is 2. The average Bonchev–Trinajstić information content (AvgIpc) is 3.05. The molecular formula is C35H45N3O8SSi. The monoisotopic (exact) mass is 695 g/mol. The van der Waals surface area contributed by atoms with E-state index in [0.29, 0.717) is 6.42 Å². The number of anilines is 1. The molecule has 0 fully saturated rings. The second-order valence-corrected chi connectivity index (χ2v) is 19.8. The van der Waals surface area contributed by atoms with Crippen LogP contribution in [-0.2, 0) is 21.1 Å². The predicted octanol–water partition coefficient (Wildman–Crippen LogP) is 6.59. The molecular weight excluding hydrogens is 651 g/mol. The number of rotatable bonds is 12. The van der Waals surface area contributed by atoms with E-state index in [4.69, 9.17) is 13.9 Å². The van der Waals surface area contributed by atoms with Gasteiger partial charge in [-0.25, -0.2) is 17.9 Å². The Morgan fingerprint density at radius 1 is 1.02 bits per heavy atom. The molecule has 13 heteroatoms. The van der Waals surface area contributed by atoms with Gasteiger partial charge in [-0.3, -0.25) is 10.1 Å². The van der Waals surface area contributed by atoms with E-state index in [-0.39, 0.29) is 52.4 Å². The van der Waals surface area contributed by atoms with Crippen molar-refractivity contribution in [1.29, 1.82) is 0 Å². The zero-order valence-electron chi connectivity index (χ0n) is 28.5. The third-order valence-electron chi connectivity index (χ3n) is 8.95. The molecule has 258 valence electrons. The minimum atomic E-state index is -3.59. The Morgan fingerprint density at radius 3 is 2.27 bits per heavy atom. The molecule has 48 heavy (non-hydrogen) atoms. The summed E-state index contributed by atoms with van der Waals surface area (Å²) in [4.78, 5) is 28.1. The summed E-state index contributed by atoms with van der Waals surface area (Å²) < 4.78 is 45.1. The van der Waals surface area contributed by atoms with Crippen LogP contribution in [0.25, 0.3) is 5.57 Å². The minimum Gasteiger partial charge on any atom is -0.493 e. The van der Waals surface area contributed by atoms with Crippen molar-refractivity contribution in [3.8, 4) is 11.5 Å². The molecule has 3 N–H and O–H groups in total. The zero-order valence-corrected chi connectivity index (χ0v) is 30.3. The van der Waals surface area contributed by atoms with Crippen molar-refractivity contribution in [2.45, 2.75) is 62.9 Å². The van der Waals surface area contributed by atoms with Gasteiger partial charge < -0.3 is 23.9 Å². The van der Waals surface area contributed by atoms with Crippen LogP contribution in [0.15, 0.2) is 77.7 Å². The molecule has 1 heterocycles. The quantitative estimate of drug-likeness (QED) is 0.180. The molecule has 0 saturated heterocycles. The number of nitrogens with zero attached hydrogens (tertiary/aromatic N) is 1. The SMILES string of the molecule is CNS(=O)(=O)c1ccc(C2=CCN(C(=O)c3cc(OC)c(OCc4ccccc4)cc3NC(=O)O)[C@H](CO[Si](C)(C)C(C)(C)C)C2)cc1. The van der Waals surface area contributed by atoms with Crippen LogP contribution in [0.2, 0.25) is 18.1 Å². The predicted molar refractivity (Wildman–Crippen MR) is 189 cm³/mol. The van der Waals surface area contributed by atoms with Gasteiger partial charge in [-0.1, -0.05) is 69.3 Å². The summed E-state index contributed by atoms with van der Waals surface area (Å²) in [7, 11) is -2.98. The Balaban J connectivity index is 1.70. The highest BCUT2D eigenvalue weighted by atomic mass is 32.2. The molecule has 11 nitrogen and oxygen atoms in total. The van der Waals surface area contributed by atoms with Gasteiger partial charge in [0.1, 0.15) is 6.61 Å². The van der Waals surface area contributed by atoms with Gasteiger partial charge >= 0.3 is 6.09 Å². The van der Waals surface area contributed by atoms with E-state index >= 15 is 0 Å². The van der Waals surface area contributed by atoms with E-state index in [0.717, 1.165) is 16.7 Å². The topological polar surface area (TPSA) is 144 Å². The van der Waals surface area contributed by atoms with Crippen molar-refractivity contribution in [1.82, 2.24) is 9.62 Å². The van der Waals surface area contributed by atoms with Crippen LogP contribution in [-0.4, -0.2) is 72.1 Å². The molecule has 0 radical (unpaired) electrons. The largest absolute Gasteiger partial charge is 0.493 e. The third-order valence-corrected chi connectivity index (χ3v) is 14.9. The number of ether oxygens (including phenoxy) is 2. The summed E-state index contributed by atoms with van der Waals surface area (Å²) in [6.07, 6.45) is 1.04. The molecule has 0 aromatic heterocycles. The van der Waals surface area contributed by atoms with Crippen molar-refractivity contribution in [2.75, 3.05) is 32.6 Å². The van der Waals surface area contributed by atoms with Gasteiger partial charge in [0, 0.05) is 12.6 Å². The number of carbonyl (C=O) groups excluding carboxylic acids is 1. The summed E-state index contributed by atoms with van der Waals surface area (Å²) >= 11 is 0. The summed E-state index contributed by atoms with van der Waals surface area (Å²) in [5, 5.41) is 12.0. The standard InChI is InChI=1S/C35H45N3O8SSi/c1-35(2,3)48(6,7)46-23-27-19-26(25-13-15-28(16-14-25)47(42,43)36-4)17-18-38(27)33(39)29-20-31(44-5)32(21-30(29)37-34(40)41)45-22-24-11-9-8-10-12-24/h8-17,20-21,27,36-37H,18-19,22-23H2,1-7H3,(H,40,41)/t27-/m0/s1. The van der Waals surface area contributed by atoms with Crippen LogP contribution in [0, 0.1) is 0 Å². The van der Waals surface area contributed by atoms with Crippen LogP contribution >= 0.6 is 0 Å². The van der Waals surface area contributed by atoms with Crippen LogP contribution in [0.1, 0.15) is 48.7 Å². The first-order chi connectivity index (χ1) is 22.6. The van der Waals surface area contributed by atoms with E-state index in [1.807, 2.05) is 36.4 Å². The van der Waals surface area contributed by atoms with Gasteiger partial charge in [0.15, 0.2) is 19.8 Å². The second-order valence-electron chi connectivity index (χ2n) is 13.1. The lowest BCUT2D eigenvalue weighted by molar-refractivity contribution is 0.0627. The highest BCUT2D eigenvalue weighted by Gasteiger charge is 2.39. The van der Waals surface area contributed by atoms with Crippen molar-refractivity contribution >= 4 is 41.6 Å². The number of sulfonamides is 1. The van der Waals surface area contributed by atoms with E-state index < -0.39 is 36.4 Å². The lowest BCUT2D eigenvalue weighted by Gasteiger charge is -2.41. The number of methoxy groups -OCH3 is 1. The van der Waals surface area contributed by atoms with Crippen LogP contribution in [0.4, 0.5) is 10.5 Å². The van der Waals surface area contributed by atoms with Crippen LogP contribution in [0.5, 0.6) is 11.5 Å². The molecule has 0 spiro atoms. The van der Waals surface area contributed by atoms with Gasteiger partial charge in [0.2, 0.25) is 10.0 Å². The van der Waals surface area contributed by atoms with Crippen LogP contribution < -0.4 is 19.5 Å². The molecule has 1 aliphatic rings. The number of benzene rings is 3. The second kappa shape index (κ2) is 14.9. The first-order valence-corrected chi connectivity index (χ1v) is 20.0. The van der Waals surface area contributed by atoms with Gasteiger partial charge in [-0.15, -0.1) is 0 Å². The van der Waals surface area contributed by atoms with Crippen molar-refractivity contribution in [3.63, 3.8) is 0 Å². The fourth-order valence-electron chi connectivity index (χ4n) is 5.04. The molecule has 3 aromatic carbocycles. The Kier molecular flexibility index (Phi) is 11.4. The maximum atomic E-state index is 14.4. The Morgan fingerprint density at radius 2 is 1.69 bits per heavy atom. The minimum absolute atomic E-state index is 0.0642. The number of carboxylic acid groups (broad SMARTS) is 1. The normalized spacial score (nSPS) is 15.4. The van der Waals surface area contributed by atoms with E-state index in [1.165, 1.54) is 26.3 Å². The van der Waals surface area contributed by atoms with Gasteiger partial charge in [0.25, 0.3) is 5.91 Å². The van der Waals surface area contributed by atoms with Gasteiger partial charge in [-0.2, -0.15) is 0 Å². The lowest BCUT2D eigenvalue weighted by Crippen LogP contribution is -2.49. The molecule has 0 bridgehead atoms. The lowest BCUT2D eigenvalue weighted by atomic mass is 9.93. The molecule has 0 saturated carbocycles. The van der Waals surface area contributed by atoms with Crippen LogP contribution in [0.3, 0.4) is 0 Å². The zero-order chi connectivity index (χ0) is 35.3. The van der Waals surface area contributed by atoms with Crippen molar-refractivity contribution < 1.29 is 37.0 Å². The first kappa shape index (κ1) is 36.7. The average molecular weight is 696 g/mol. The summed E-state index contributed by atoms with van der Waals surface area (Å²) in [6.45, 7) is 11.4. The molecule has 2 amide bonds. The van der Waals surface area contributed by atoms with E-state index in [1.54, 1.807) is 29.2 Å².